The molecular weight excluding hydrogens is 480 g/mol. The molecular formula is C24H25ClN2O6S. The lowest BCUT2D eigenvalue weighted by Gasteiger charge is -2.17. The third kappa shape index (κ3) is 4.82. The fourth-order valence-electron chi connectivity index (χ4n) is 4.06. The van der Waals surface area contributed by atoms with Crippen LogP contribution in [0.15, 0.2) is 41.3 Å². The maximum absolute atomic E-state index is 12.9. The van der Waals surface area contributed by atoms with Crippen molar-refractivity contribution in [2.75, 3.05) is 13.7 Å². The van der Waals surface area contributed by atoms with E-state index in [1.54, 1.807) is 6.07 Å². The van der Waals surface area contributed by atoms with Gasteiger partial charge in [0.15, 0.2) is 0 Å². The first-order valence-electron chi connectivity index (χ1n) is 10.8. The van der Waals surface area contributed by atoms with E-state index in [0.717, 1.165) is 23.1 Å². The molecule has 1 aromatic heterocycles. The Morgan fingerprint density at radius 3 is 2.74 bits per heavy atom. The van der Waals surface area contributed by atoms with Crippen LogP contribution in [0.2, 0.25) is 5.02 Å². The molecule has 0 bridgehead atoms. The molecule has 0 radical (unpaired) electrons. The fourth-order valence-corrected chi connectivity index (χ4v) is 5.35. The molecule has 0 unspecified atom stereocenters. The summed E-state index contributed by atoms with van der Waals surface area (Å²) in [7, 11) is -3.13. The lowest BCUT2D eigenvalue weighted by atomic mass is 10.1. The zero-order valence-electron chi connectivity index (χ0n) is 19.1. The highest BCUT2D eigenvalue weighted by Crippen LogP contribution is 2.36. The van der Waals surface area contributed by atoms with Crippen molar-refractivity contribution in [2.45, 2.75) is 44.2 Å². The number of carbonyl (C=O) groups is 1. The van der Waals surface area contributed by atoms with Crippen molar-refractivity contribution in [1.29, 1.82) is 0 Å². The van der Waals surface area contributed by atoms with Crippen LogP contribution in [-0.4, -0.2) is 39.1 Å². The lowest BCUT2D eigenvalue weighted by Crippen LogP contribution is -2.34. The van der Waals surface area contributed by atoms with Gasteiger partial charge in [0.2, 0.25) is 0 Å². The van der Waals surface area contributed by atoms with Gasteiger partial charge in [-0.05, 0) is 63.1 Å². The van der Waals surface area contributed by atoms with E-state index in [1.807, 2.05) is 32.0 Å². The molecule has 4 rings (SSSR count). The Morgan fingerprint density at radius 2 is 2.03 bits per heavy atom. The second-order valence-electron chi connectivity index (χ2n) is 8.08. The predicted octanol–water partition coefficient (Wildman–Crippen LogP) is 4.08. The predicted molar refractivity (Wildman–Crippen MR) is 128 cm³/mol. The van der Waals surface area contributed by atoms with E-state index in [9.17, 15) is 13.2 Å². The number of nitrogens with zero attached hydrogens (tertiary/aromatic N) is 1. The van der Waals surface area contributed by atoms with Crippen molar-refractivity contribution < 1.29 is 26.9 Å². The van der Waals surface area contributed by atoms with Gasteiger partial charge in [-0.3, -0.25) is 0 Å². The summed E-state index contributed by atoms with van der Waals surface area (Å²) in [6.45, 7) is 4.45. The number of nitrogens with one attached hydrogen (secondary N) is 1. The molecule has 0 spiro atoms. The highest BCUT2D eigenvalue weighted by Gasteiger charge is 2.32. The van der Waals surface area contributed by atoms with Crippen molar-refractivity contribution in [3.8, 4) is 11.5 Å². The van der Waals surface area contributed by atoms with E-state index in [1.165, 1.54) is 19.2 Å². The number of rotatable bonds is 7. The van der Waals surface area contributed by atoms with Crippen LogP contribution in [0.1, 0.15) is 29.7 Å². The number of aryl methyl sites for hydroxylation is 2. The van der Waals surface area contributed by atoms with Crippen molar-refractivity contribution in [2.24, 2.45) is 0 Å². The number of hydrogen-bond acceptors (Lipinski definition) is 8. The lowest BCUT2D eigenvalue weighted by molar-refractivity contribution is -0.135. The Morgan fingerprint density at radius 1 is 1.24 bits per heavy atom. The summed E-state index contributed by atoms with van der Waals surface area (Å²) in [4.78, 5) is 16.6. The zero-order valence-corrected chi connectivity index (χ0v) is 20.6. The molecule has 0 saturated carbocycles. The maximum Gasteiger partial charge on any atom is 0.345 e. The molecule has 0 aliphatic carbocycles. The Balaban J connectivity index is 1.65. The van der Waals surface area contributed by atoms with Crippen molar-refractivity contribution in [3.63, 3.8) is 0 Å². The number of aromatic nitrogens is 1. The largest absolute Gasteiger partial charge is 0.495 e. The van der Waals surface area contributed by atoms with Crippen LogP contribution in [0.4, 0.5) is 0 Å². The van der Waals surface area contributed by atoms with E-state index in [4.69, 9.17) is 25.3 Å². The molecule has 0 amide bonds. The van der Waals surface area contributed by atoms with Crippen LogP contribution in [0.3, 0.4) is 0 Å². The van der Waals surface area contributed by atoms with Crippen molar-refractivity contribution >= 4 is 38.6 Å². The second-order valence-corrected chi connectivity index (χ2v) is 10.0. The highest BCUT2D eigenvalue weighted by atomic mass is 35.5. The number of methoxy groups -OCH3 is 1. The summed E-state index contributed by atoms with van der Waals surface area (Å²) in [5.41, 5.74) is 2.91. The minimum absolute atomic E-state index is 0.0414. The smallest absolute Gasteiger partial charge is 0.345 e. The minimum atomic E-state index is -4.45. The number of ether oxygens (including phenoxy) is 2. The summed E-state index contributed by atoms with van der Waals surface area (Å²) < 4.78 is 42.2. The standard InChI is InChI=1S/C24H25ClN2O6S/c1-14-12-15(2)27-22-16(14)6-4-8-20(22)32-13-17-18(25)9-10-21(23(17)31-3)34(29,30)33-24(28)19-7-5-11-26-19/h4,6,8-10,12,19,26H,5,7,11,13H2,1-3H3/t19-/m0/s1. The summed E-state index contributed by atoms with van der Waals surface area (Å²) in [5, 5.41) is 4.12. The van der Waals surface area contributed by atoms with Crippen LogP contribution < -0.4 is 14.8 Å². The van der Waals surface area contributed by atoms with E-state index in [-0.39, 0.29) is 22.3 Å². The molecule has 8 nitrogen and oxygen atoms in total. The van der Waals surface area contributed by atoms with Gasteiger partial charge in [-0.15, -0.1) is 0 Å². The maximum atomic E-state index is 12.9. The number of pyridine rings is 1. The first-order chi connectivity index (χ1) is 16.2. The van der Waals surface area contributed by atoms with Crippen molar-refractivity contribution in [3.05, 3.63) is 58.2 Å². The molecule has 1 fully saturated rings. The molecule has 34 heavy (non-hydrogen) atoms. The van der Waals surface area contributed by atoms with Crippen LogP contribution in [0, 0.1) is 13.8 Å². The van der Waals surface area contributed by atoms with Gasteiger partial charge in [0, 0.05) is 11.1 Å². The summed E-state index contributed by atoms with van der Waals surface area (Å²) in [6, 6.07) is 9.60. The monoisotopic (exact) mass is 504 g/mol. The Kier molecular flexibility index (Phi) is 6.97. The summed E-state index contributed by atoms with van der Waals surface area (Å²) in [5.74, 6) is -0.366. The number of para-hydroxylation sites is 1. The third-order valence-electron chi connectivity index (χ3n) is 5.69. The second kappa shape index (κ2) is 9.77. The first-order valence-corrected chi connectivity index (χ1v) is 12.6. The summed E-state index contributed by atoms with van der Waals surface area (Å²) >= 11 is 6.39. The van der Waals surface area contributed by atoms with Crippen LogP contribution >= 0.6 is 11.6 Å². The van der Waals surface area contributed by atoms with Crippen LogP contribution in [0.5, 0.6) is 11.5 Å². The molecule has 2 heterocycles. The minimum Gasteiger partial charge on any atom is -0.495 e. The number of halogens is 1. The average molecular weight is 505 g/mol. The Bertz CT molecular complexity index is 1350. The normalized spacial score (nSPS) is 15.9. The molecule has 1 N–H and O–H groups in total. The van der Waals surface area contributed by atoms with Gasteiger partial charge in [-0.25, -0.2) is 9.78 Å². The molecule has 2 aromatic carbocycles. The molecule has 10 heteroatoms. The number of hydrogen-bond donors (Lipinski definition) is 1. The first kappa shape index (κ1) is 24.3. The van der Waals surface area contributed by atoms with E-state index >= 15 is 0 Å². The van der Waals surface area contributed by atoms with E-state index in [2.05, 4.69) is 10.3 Å². The topological polar surface area (TPSA) is 104 Å². The van der Waals surface area contributed by atoms with Gasteiger partial charge in [0.25, 0.3) is 0 Å². The molecule has 3 aromatic rings. The van der Waals surface area contributed by atoms with Crippen LogP contribution in [0.25, 0.3) is 10.9 Å². The van der Waals surface area contributed by atoms with E-state index < -0.39 is 22.1 Å². The third-order valence-corrected chi connectivity index (χ3v) is 7.28. The van der Waals surface area contributed by atoms with Crippen molar-refractivity contribution in [1.82, 2.24) is 10.3 Å². The Labute approximate surface area is 203 Å². The molecule has 1 aliphatic heterocycles. The molecule has 1 aliphatic rings. The van der Waals surface area contributed by atoms with E-state index in [0.29, 0.717) is 29.8 Å². The highest BCUT2D eigenvalue weighted by molar-refractivity contribution is 7.87. The summed E-state index contributed by atoms with van der Waals surface area (Å²) in [6.07, 6.45) is 1.29. The molecule has 1 saturated heterocycles. The van der Waals surface area contributed by atoms with Gasteiger partial charge in [-0.2, -0.15) is 8.42 Å². The Hall–Kier alpha value is -2.88. The van der Waals surface area contributed by atoms with Gasteiger partial charge >= 0.3 is 16.1 Å². The molecule has 180 valence electrons. The average Bonchev–Trinajstić information content (AvgIpc) is 3.33. The van der Waals surface area contributed by atoms with Gasteiger partial charge in [0.05, 0.1) is 17.7 Å². The van der Waals surface area contributed by atoms with Gasteiger partial charge in [0.1, 0.15) is 34.6 Å². The zero-order chi connectivity index (χ0) is 24.5. The quantitative estimate of drug-likeness (QED) is 0.480. The number of benzene rings is 2. The fraction of sp³-hybridized carbons (Fsp3) is 0.333. The molecule has 1 atom stereocenters. The van der Waals surface area contributed by atoms with Gasteiger partial charge in [-0.1, -0.05) is 23.7 Å². The van der Waals surface area contributed by atoms with Gasteiger partial charge < -0.3 is 19.0 Å². The SMILES string of the molecule is COc1c(S(=O)(=O)OC(=O)[C@@H]2CCCN2)ccc(Cl)c1COc1cccc2c(C)cc(C)nc12. The number of carbonyl (C=O) groups excluding carboxylic acids is 1. The number of fused-ring (bicyclic) bond motifs is 1. The van der Waals surface area contributed by atoms with Crippen LogP contribution in [-0.2, 0) is 25.7 Å².